The first kappa shape index (κ1) is 17.3. The normalized spacial score (nSPS) is 13.0. The number of methoxy groups -OCH3 is 1. The van der Waals surface area contributed by atoms with Crippen LogP contribution < -0.4 is 11.1 Å². The lowest BCUT2D eigenvalue weighted by atomic mass is 10.0. The average Bonchev–Trinajstić information content (AvgIpc) is 2.37. The minimum atomic E-state index is -3.42. The number of benzene rings is 1. The Kier molecular flexibility index (Phi) is 5.60. The molecule has 21 heavy (non-hydrogen) atoms. The standard InChI is InChI=1S/C14H22N2O4S/c1-9(2)8-11(14(17)20-3)16-10-6-5-7-12(13(10)15)21(4,18)19/h5-7,9,11,16H,8,15H2,1-4H3. The van der Waals surface area contributed by atoms with E-state index in [1.54, 1.807) is 12.1 Å². The van der Waals surface area contributed by atoms with E-state index in [9.17, 15) is 13.2 Å². The second-order valence-corrected chi connectivity index (χ2v) is 7.32. The van der Waals surface area contributed by atoms with Crippen molar-refractivity contribution in [1.29, 1.82) is 0 Å². The van der Waals surface area contributed by atoms with Crippen LogP contribution in [0.2, 0.25) is 0 Å². The zero-order chi connectivity index (χ0) is 16.2. The molecule has 0 aromatic heterocycles. The van der Waals surface area contributed by atoms with Gasteiger partial charge in [-0.15, -0.1) is 0 Å². The van der Waals surface area contributed by atoms with Crippen LogP contribution in [0.4, 0.5) is 11.4 Å². The van der Waals surface area contributed by atoms with Gasteiger partial charge in [-0.05, 0) is 24.5 Å². The molecule has 1 rings (SSSR count). The van der Waals surface area contributed by atoms with Crippen LogP contribution in [0.3, 0.4) is 0 Å². The molecule has 0 fully saturated rings. The summed E-state index contributed by atoms with van der Waals surface area (Å²) in [6, 6.07) is 4.08. The van der Waals surface area contributed by atoms with E-state index >= 15 is 0 Å². The van der Waals surface area contributed by atoms with Gasteiger partial charge in [-0.3, -0.25) is 0 Å². The Labute approximate surface area is 125 Å². The number of hydrogen-bond acceptors (Lipinski definition) is 6. The van der Waals surface area contributed by atoms with Crippen molar-refractivity contribution in [3.05, 3.63) is 18.2 Å². The largest absolute Gasteiger partial charge is 0.467 e. The molecule has 0 radical (unpaired) electrons. The number of hydrogen-bond donors (Lipinski definition) is 2. The summed E-state index contributed by atoms with van der Waals surface area (Å²) in [4.78, 5) is 11.8. The number of para-hydroxylation sites is 1. The van der Waals surface area contributed by atoms with Crippen LogP contribution in [0, 0.1) is 5.92 Å². The van der Waals surface area contributed by atoms with Crippen LogP contribution in [0.5, 0.6) is 0 Å². The fraction of sp³-hybridized carbons (Fsp3) is 0.500. The van der Waals surface area contributed by atoms with Crippen LogP contribution >= 0.6 is 0 Å². The molecule has 0 aliphatic rings. The van der Waals surface area contributed by atoms with Crippen LogP contribution in [0.1, 0.15) is 20.3 Å². The highest BCUT2D eigenvalue weighted by Crippen LogP contribution is 2.28. The maximum Gasteiger partial charge on any atom is 0.328 e. The van der Waals surface area contributed by atoms with Gasteiger partial charge >= 0.3 is 5.97 Å². The van der Waals surface area contributed by atoms with Crippen molar-refractivity contribution in [3.8, 4) is 0 Å². The van der Waals surface area contributed by atoms with Crippen molar-refractivity contribution >= 4 is 27.2 Å². The summed E-state index contributed by atoms with van der Waals surface area (Å²) < 4.78 is 28.1. The quantitative estimate of drug-likeness (QED) is 0.612. The third-order valence-corrected chi connectivity index (χ3v) is 4.14. The number of carbonyl (C=O) groups excluding carboxylic acids is 1. The molecular formula is C14H22N2O4S. The fourth-order valence-corrected chi connectivity index (χ4v) is 2.84. The molecule has 0 bridgehead atoms. The summed E-state index contributed by atoms with van der Waals surface area (Å²) in [5.74, 6) is -0.145. The predicted octanol–water partition coefficient (Wildman–Crippen LogP) is 1.67. The third-order valence-electron chi connectivity index (χ3n) is 2.99. The molecule has 3 N–H and O–H groups in total. The van der Waals surface area contributed by atoms with E-state index in [2.05, 4.69) is 5.32 Å². The highest BCUT2D eigenvalue weighted by Gasteiger charge is 2.22. The summed E-state index contributed by atoms with van der Waals surface area (Å²) >= 11 is 0. The molecule has 1 aromatic rings. The Morgan fingerprint density at radius 3 is 2.48 bits per heavy atom. The van der Waals surface area contributed by atoms with Gasteiger partial charge in [0.05, 0.1) is 23.4 Å². The Bertz CT molecular complexity index is 611. The lowest BCUT2D eigenvalue weighted by Crippen LogP contribution is -2.32. The number of nitrogens with one attached hydrogen (secondary N) is 1. The molecule has 0 saturated heterocycles. The molecule has 118 valence electrons. The molecule has 6 nitrogen and oxygen atoms in total. The average molecular weight is 314 g/mol. The monoisotopic (exact) mass is 314 g/mol. The van der Waals surface area contributed by atoms with Crippen LogP contribution in [0.15, 0.2) is 23.1 Å². The van der Waals surface area contributed by atoms with Gasteiger partial charge < -0.3 is 15.8 Å². The van der Waals surface area contributed by atoms with E-state index in [0.29, 0.717) is 12.1 Å². The van der Waals surface area contributed by atoms with E-state index in [1.807, 2.05) is 13.8 Å². The summed E-state index contributed by atoms with van der Waals surface area (Å²) in [5.41, 5.74) is 6.42. The Balaban J connectivity index is 3.13. The van der Waals surface area contributed by atoms with E-state index < -0.39 is 21.8 Å². The first-order valence-electron chi connectivity index (χ1n) is 6.59. The maximum absolute atomic E-state index is 11.8. The number of anilines is 2. The number of carbonyl (C=O) groups is 1. The van der Waals surface area contributed by atoms with Crippen molar-refractivity contribution in [1.82, 2.24) is 0 Å². The number of sulfone groups is 1. The molecule has 7 heteroatoms. The van der Waals surface area contributed by atoms with Gasteiger partial charge in [-0.2, -0.15) is 0 Å². The molecule has 0 spiro atoms. The minimum Gasteiger partial charge on any atom is -0.467 e. The lowest BCUT2D eigenvalue weighted by Gasteiger charge is -2.21. The lowest BCUT2D eigenvalue weighted by molar-refractivity contribution is -0.141. The number of esters is 1. The molecule has 1 aromatic carbocycles. The SMILES string of the molecule is COC(=O)C(CC(C)C)Nc1cccc(S(C)(=O)=O)c1N. The van der Waals surface area contributed by atoms with Crippen LogP contribution in [-0.2, 0) is 19.4 Å². The van der Waals surface area contributed by atoms with Gasteiger partial charge in [-0.1, -0.05) is 19.9 Å². The first-order chi connectivity index (χ1) is 9.66. The highest BCUT2D eigenvalue weighted by molar-refractivity contribution is 7.90. The maximum atomic E-state index is 11.8. The summed E-state index contributed by atoms with van der Waals surface area (Å²) in [6.45, 7) is 3.96. The molecular weight excluding hydrogens is 292 g/mol. The Morgan fingerprint density at radius 2 is 2.00 bits per heavy atom. The van der Waals surface area contributed by atoms with E-state index in [1.165, 1.54) is 13.2 Å². The molecule has 0 heterocycles. The third kappa shape index (κ3) is 4.63. The number of rotatable bonds is 6. The number of nitrogens with two attached hydrogens (primary N) is 1. The first-order valence-corrected chi connectivity index (χ1v) is 8.48. The second-order valence-electron chi connectivity index (χ2n) is 5.34. The predicted molar refractivity (Wildman–Crippen MR) is 82.8 cm³/mol. The summed E-state index contributed by atoms with van der Waals surface area (Å²) in [6.07, 6.45) is 1.64. The van der Waals surface area contributed by atoms with E-state index in [0.717, 1.165) is 6.26 Å². The van der Waals surface area contributed by atoms with Crippen molar-refractivity contribution in [2.75, 3.05) is 24.4 Å². The second kappa shape index (κ2) is 6.80. The van der Waals surface area contributed by atoms with Gasteiger partial charge in [0.1, 0.15) is 6.04 Å². The van der Waals surface area contributed by atoms with Gasteiger partial charge in [0.2, 0.25) is 0 Å². The zero-order valence-corrected chi connectivity index (χ0v) is 13.5. The summed E-state index contributed by atoms with van der Waals surface area (Å²) in [7, 11) is -2.11. The van der Waals surface area contributed by atoms with Gasteiger partial charge in [0, 0.05) is 6.26 Å². The number of ether oxygens (including phenoxy) is 1. The van der Waals surface area contributed by atoms with Crippen molar-refractivity contribution in [2.24, 2.45) is 5.92 Å². The van der Waals surface area contributed by atoms with Crippen molar-refractivity contribution < 1.29 is 17.9 Å². The molecule has 0 aliphatic carbocycles. The number of nitrogen functional groups attached to an aromatic ring is 1. The zero-order valence-electron chi connectivity index (χ0n) is 12.7. The van der Waals surface area contributed by atoms with Crippen LogP contribution in [-0.4, -0.2) is 33.8 Å². The molecule has 0 aliphatic heterocycles. The Morgan fingerprint density at radius 1 is 1.38 bits per heavy atom. The van der Waals surface area contributed by atoms with Crippen LogP contribution in [0.25, 0.3) is 0 Å². The van der Waals surface area contributed by atoms with Crippen molar-refractivity contribution in [2.45, 2.75) is 31.2 Å². The minimum absolute atomic E-state index is 0.0423. The Hall–Kier alpha value is -1.76. The fourth-order valence-electron chi connectivity index (χ4n) is 2.01. The molecule has 1 atom stereocenters. The van der Waals surface area contributed by atoms with Gasteiger partial charge in [0.15, 0.2) is 9.84 Å². The smallest absolute Gasteiger partial charge is 0.328 e. The molecule has 1 unspecified atom stereocenters. The molecule has 0 amide bonds. The topological polar surface area (TPSA) is 98.5 Å². The molecule has 0 saturated carbocycles. The summed E-state index contributed by atoms with van der Waals surface area (Å²) in [5, 5.41) is 2.98. The van der Waals surface area contributed by atoms with Gasteiger partial charge in [0.25, 0.3) is 0 Å². The van der Waals surface area contributed by atoms with Crippen molar-refractivity contribution in [3.63, 3.8) is 0 Å². The van der Waals surface area contributed by atoms with Gasteiger partial charge in [-0.25, -0.2) is 13.2 Å². The highest BCUT2D eigenvalue weighted by atomic mass is 32.2. The van der Waals surface area contributed by atoms with E-state index in [4.69, 9.17) is 10.5 Å². The van der Waals surface area contributed by atoms with E-state index in [-0.39, 0.29) is 16.5 Å².